The van der Waals surface area contributed by atoms with E-state index in [1.165, 1.54) is 0 Å². The van der Waals surface area contributed by atoms with Crippen molar-refractivity contribution >= 4 is 27.5 Å². The quantitative estimate of drug-likeness (QED) is 0.745. The molecule has 0 bridgehead atoms. The summed E-state index contributed by atoms with van der Waals surface area (Å²) in [4.78, 5) is 16.5. The van der Waals surface area contributed by atoms with Crippen LogP contribution in [-0.2, 0) is 11.8 Å². The summed E-state index contributed by atoms with van der Waals surface area (Å²) in [5.74, 6) is -0.118. The second-order valence-corrected chi connectivity index (χ2v) is 5.03. The number of hydrogen-bond acceptors (Lipinski definition) is 2. The minimum atomic E-state index is -0.0674. The first-order valence-electron chi connectivity index (χ1n) is 5.22. The predicted octanol–water partition coefficient (Wildman–Crippen LogP) is 2.32. The molecule has 4 heteroatoms. The Labute approximate surface area is 98.1 Å². The number of nitrogens with zero attached hydrogens (tertiary/aromatic N) is 2. The Morgan fingerprint density at radius 2 is 2.06 bits per heavy atom. The number of hydrogen-bond donors (Lipinski definition) is 0. The van der Waals surface area contributed by atoms with E-state index in [4.69, 9.17) is 0 Å². The average Bonchev–Trinajstić information content (AvgIpc) is 2.56. The third-order valence-corrected chi connectivity index (χ3v) is 3.53. The van der Waals surface area contributed by atoms with Gasteiger partial charge in [0.1, 0.15) is 0 Å². The minimum Gasteiger partial charge on any atom is -0.319 e. The van der Waals surface area contributed by atoms with Gasteiger partial charge in [-0.3, -0.25) is 4.79 Å². The van der Waals surface area contributed by atoms with Crippen molar-refractivity contribution in [3.05, 3.63) is 29.1 Å². The molecule has 84 valence electrons. The molecule has 0 aliphatic heterocycles. The predicted molar refractivity (Wildman–Crippen MR) is 66.2 cm³/mol. The summed E-state index contributed by atoms with van der Waals surface area (Å²) >= 11 is 1.55. The Bertz CT molecular complexity index is 592. The van der Waals surface area contributed by atoms with E-state index >= 15 is 0 Å². The summed E-state index contributed by atoms with van der Waals surface area (Å²) in [5, 5.41) is 0. The van der Waals surface area contributed by atoms with Gasteiger partial charge in [-0.05, 0) is 12.1 Å². The third kappa shape index (κ3) is 1.93. The SMILES string of the molecule is CC(C)C(=O)N=c1sc2ccccc2n1C. The summed E-state index contributed by atoms with van der Waals surface area (Å²) in [6.07, 6.45) is 0. The monoisotopic (exact) mass is 234 g/mol. The highest BCUT2D eigenvalue weighted by Crippen LogP contribution is 2.15. The lowest BCUT2D eigenvalue weighted by atomic mass is 10.2. The van der Waals surface area contributed by atoms with E-state index < -0.39 is 0 Å². The lowest BCUT2D eigenvalue weighted by molar-refractivity contribution is -0.120. The molecule has 0 aliphatic rings. The van der Waals surface area contributed by atoms with Crippen LogP contribution in [0, 0.1) is 5.92 Å². The summed E-state index contributed by atoms with van der Waals surface area (Å²) in [7, 11) is 1.94. The number of rotatable bonds is 1. The molecular formula is C12H14N2OS. The zero-order valence-electron chi connectivity index (χ0n) is 9.60. The molecule has 0 aliphatic carbocycles. The number of aromatic nitrogens is 1. The standard InChI is InChI=1S/C12H14N2OS/c1-8(2)11(15)13-12-14(3)9-6-4-5-7-10(9)16-12/h4-8H,1-3H3. The Kier molecular flexibility index (Phi) is 2.92. The van der Waals surface area contributed by atoms with Crippen LogP contribution >= 0.6 is 11.3 Å². The van der Waals surface area contributed by atoms with Crippen molar-refractivity contribution in [1.82, 2.24) is 4.57 Å². The van der Waals surface area contributed by atoms with Crippen molar-refractivity contribution in [3.63, 3.8) is 0 Å². The van der Waals surface area contributed by atoms with E-state index in [1.54, 1.807) is 11.3 Å². The van der Waals surface area contributed by atoms with Gasteiger partial charge in [-0.1, -0.05) is 37.3 Å². The fraction of sp³-hybridized carbons (Fsp3) is 0.333. The van der Waals surface area contributed by atoms with Crippen LogP contribution in [0.3, 0.4) is 0 Å². The van der Waals surface area contributed by atoms with Crippen molar-refractivity contribution in [2.24, 2.45) is 18.0 Å². The van der Waals surface area contributed by atoms with E-state index in [-0.39, 0.29) is 11.8 Å². The molecule has 2 rings (SSSR count). The van der Waals surface area contributed by atoms with Crippen molar-refractivity contribution < 1.29 is 4.79 Å². The highest BCUT2D eigenvalue weighted by molar-refractivity contribution is 7.16. The van der Waals surface area contributed by atoms with Crippen molar-refractivity contribution in [2.75, 3.05) is 0 Å². The lowest BCUT2D eigenvalue weighted by Crippen LogP contribution is -2.15. The van der Waals surface area contributed by atoms with Gasteiger partial charge in [0, 0.05) is 13.0 Å². The van der Waals surface area contributed by atoms with Crippen LogP contribution in [0.25, 0.3) is 10.2 Å². The van der Waals surface area contributed by atoms with Crippen molar-refractivity contribution in [2.45, 2.75) is 13.8 Å². The van der Waals surface area contributed by atoms with Crippen LogP contribution < -0.4 is 4.80 Å². The van der Waals surface area contributed by atoms with Crippen LogP contribution in [0.5, 0.6) is 0 Å². The Morgan fingerprint density at radius 3 is 2.69 bits per heavy atom. The molecular weight excluding hydrogens is 220 g/mol. The van der Waals surface area contributed by atoms with Gasteiger partial charge in [-0.2, -0.15) is 4.99 Å². The first-order valence-corrected chi connectivity index (χ1v) is 6.04. The fourth-order valence-corrected chi connectivity index (χ4v) is 2.44. The summed E-state index contributed by atoms with van der Waals surface area (Å²) < 4.78 is 3.11. The van der Waals surface area contributed by atoms with Crippen LogP contribution in [-0.4, -0.2) is 10.5 Å². The zero-order valence-corrected chi connectivity index (χ0v) is 10.4. The second kappa shape index (κ2) is 4.22. The van der Waals surface area contributed by atoms with Crippen LogP contribution in [0.4, 0.5) is 0 Å². The van der Waals surface area contributed by atoms with Gasteiger partial charge in [0.25, 0.3) is 5.91 Å². The van der Waals surface area contributed by atoms with E-state index in [0.717, 1.165) is 15.0 Å². The van der Waals surface area contributed by atoms with E-state index in [1.807, 2.05) is 49.7 Å². The van der Waals surface area contributed by atoms with Crippen molar-refractivity contribution in [1.29, 1.82) is 0 Å². The summed E-state index contributed by atoms with van der Waals surface area (Å²) in [6.45, 7) is 3.72. The highest BCUT2D eigenvalue weighted by atomic mass is 32.1. The number of para-hydroxylation sites is 1. The third-order valence-electron chi connectivity index (χ3n) is 2.41. The van der Waals surface area contributed by atoms with E-state index in [9.17, 15) is 4.79 Å². The molecule has 0 N–H and O–H groups in total. The van der Waals surface area contributed by atoms with Crippen LogP contribution in [0.15, 0.2) is 29.3 Å². The van der Waals surface area contributed by atoms with Gasteiger partial charge in [-0.15, -0.1) is 0 Å². The minimum absolute atomic E-state index is 0.0507. The average molecular weight is 234 g/mol. The molecule has 1 aromatic carbocycles. The molecule has 0 radical (unpaired) electrons. The molecule has 0 atom stereocenters. The Morgan fingerprint density at radius 1 is 1.38 bits per heavy atom. The largest absolute Gasteiger partial charge is 0.319 e. The lowest BCUT2D eigenvalue weighted by Gasteiger charge is -1.96. The molecule has 0 saturated heterocycles. The zero-order chi connectivity index (χ0) is 11.7. The highest BCUT2D eigenvalue weighted by Gasteiger charge is 2.07. The molecule has 0 unspecified atom stereocenters. The molecule has 1 aromatic heterocycles. The van der Waals surface area contributed by atoms with Gasteiger partial charge < -0.3 is 4.57 Å². The number of aryl methyl sites for hydroxylation is 1. The maximum atomic E-state index is 11.6. The van der Waals surface area contributed by atoms with Gasteiger partial charge >= 0.3 is 0 Å². The van der Waals surface area contributed by atoms with Crippen LogP contribution in [0.2, 0.25) is 0 Å². The molecule has 2 aromatic rings. The number of fused-ring (bicyclic) bond motifs is 1. The maximum absolute atomic E-state index is 11.6. The van der Waals surface area contributed by atoms with Gasteiger partial charge in [0.05, 0.1) is 10.2 Å². The number of benzene rings is 1. The molecule has 3 nitrogen and oxygen atoms in total. The second-order valence-electron chi connectivity index (χ2n) is 4.02. The van der Waals surface area contributed by atoms with Crippen molar-refractivity contribution in [3.8, 4) is 0 Å². The van der Waals surface area contributed by atoms with Gasteiger partial charge in [-0.25, -0.2) is 0 Å². The molecule has 0 spiro atoms. The molecule has 1 heterocycles. The Balaban J connectivity index is 2.62. The molecule has 0 saturated carbocycles. The summed E-state index contributed by atoms with van der Waals surface area (Å²) in [6, 6.07) is 8.06. The number of thiazole rings is 1. The number of carbonyl (C=O) groups excluding carboxylic acids is 1. The molecule has 0 fully saturated rings. The maximum Gasteiger partial charge on any atom is 0.250 e. The summed E-state index contributed by atoms with van der Waals surface area (Å²) in [5.41, 5.74) is 1.11. The first kappa shape index (κ1) is 11.1. The van der Waals surface area contributed by atoms with Gasteiger partial charge in [0.2, 0.25) is 0 Å². The topological polar surface area (TPSA) is 34.4 Å². The molecule has 16 heavy (non-hydrogen) atoms. The van der Waals surface area contributed by atoms with Crippen LogP contribution in [0.1, 0.15) is 13.8 Å². The Hall–Kier alpha value is -1.42. The number of carbonyl (C=O) groups is 1. The van der Waals surface area contributed by atoms with E-state index in [0.29, 0.717) is 0 Å². The normalized spacial score (nSPS) is 12.6. The number of amides is 1. The first-order chi connectivity index (χ1) is 7.59. The smallest absolute Gasteiger partial charge is 0.250 e. The fourth-order valence-electron chi connectivity index (χ4n) is 1.41. The van der Waals surface area contributed by atoms with E-state index in [2.05, 4.69) is 4.99 Å². The van der Waals surface area contributed by atoms with Gasteiger partial charge in [0.15, 0.2) is 4.80 Å². The molecule has 1 amide bonds.